The lowest BCUT2D eigenvalue weighted by atomic mass is 10.1. The fourth-order valence-electron chi connectivity index (χ4n) is 2.36. The number of hydrogen-bond acceptors (Lipinski definition) is 7. The number of ether oxygens (including phenoxy) is 3. The molecule has 0 saturated heterocycles. The molecule has 132 valence electrons. The van der Waals surface area contributed by atoms with E-state index >= 15 is 0 Å². The van der Waals surface area contributed by atoms with Gasteiger partial charge >= 0.3 is 5.97 Å². The number of nitro benzene ring substituents is 1. The van der Waals surface area contributed by atoms with Gasteiger partial charge in [-0.1, -0.05) is 12.1 Å². The molecule has 2 aromatic carbocycles. The summed E-state index contributed by atoms with van der Waals surface area (Å²) < 4.78 is 15.4. The van der Waals surface area contributed by atoms with Crippen LogP contribution in [0.5, 0.6) is 11.5 Å². The predicted molar refractivity (Wildman–Crippen MR) is 93.2 cm³/mol. The Morgan fingerprint density at radius 3 is 2.46 bits per heavy atom. The summed E-state index contributed by atoms with van der Waals surface area (Å²) in [5, 5.41) is 11.0. The highest BCUT2D eigenvalue weighted by Crippen LogP contribution is 2.28. The Labute approximate surface area is 148 Å². The van der Waals surface area contributed by atoms with Gasteiger partial charge in [-0.3, -0.25) is 10.1 Å². The van der Waals surface area contributed by atoms with Crippen LogP contribution in [0.3, 0.4) is 0 Å². The minimum atomic E-state index is -0.649. The SMILES string of the molecule is COc1ccc(C=C2N=C(c3cc([N+](=O)[O-])ccc3OC)OC2=O)cc1. The zero-order chi connectivity index (χ0) is 18.7. The van der Waals surface area contributed by atoms with Gasteiger partial charge in [-0.05, 0) is 29.8 Å². The maximum absolute atomic E-state index is 12.1. The van der Waals surface area contributed by atoms with Crippen LogP contribution in [-0.2, 0) is 9.53 Å². The largest absolute Gasteiger partial charge is 0.497 e. The quantitative estimate of drug-likeness (QED) is 0.354. The molecular weight excluding hydrogens is 340 g/mol. The third-order valence-corrected chi connectivity index (χ3v) is 3.66. The molecule has 0 fully saturated rings. The van der Waals surface area contributed by atoms with Gasteiger partial charge in [-0.25, -0.2) is 9.79 Å². The van der Waals surface area contributed by atoms with Gasteiger partial charge < -0.3 is 14.2 Å². The van der Waals surface area contributed by atoms with Crippen molar-refractivity contribution in [2.45, 2.75) is 0 Å². The Morgan fingerprint density at radius 1 is 1.12 bits per heavy atom. The highest BCUT2D eigenvalue weighted by Gasteiger charge is 2.27. The lowest BCUT2D eigenvalue weighted by molar-refractivity contribution is -0.384. The van der Waals surface area contributed by atoms with Crippen LogP contribution < -0.4 is 9.47 Å². The number of aliphatic imine (C=N–C) groups is 1. The fraction of sp³-hybridized carbons (Fsp3) is 0.111. The van der Waals surface area contributed by atoms with E-state index in [1.165, 1.54) is 25.3 Å². The van der Waals surface area contributed by atoms with E-state index in [4.69, 9.17) is 14.2 Å². The van der Waals surface area contributed by atoms with Crippen LogP contribution in [0, 0.1) is 10.1 Å². The highest BCUT2D eigenvalue weighted by atomic mass is 16.6. The Kier molecular flexibility index (Phi) is 4.66. The first-order valence-electron chi connectivity index (χ1n) is 7.51. The molecule has 0 amide bonds. The molecule has 8 heteroatoms. The smallest absolute Gasteiger partial charge is 0.363 e. The Balaban J connectivity index is 1.98. The average Bonchev–Trinajstić information content (AvgIpc) is 3.02. The minimum absolute atomic E-state index is 0.0460. The number of esters is 1. The lowest BCUT2D eigenvalue weighted by Gasteiger charge is -2.06. The highest BCUT2D eigenvalue weighted by molar-refractivity contribution is 6.14. The Morgan fingerprint density at radius 2 is 1.85 bits per heavy atom. The molecule has 0 spiro atoms. The van der Waals surface area contributed by atoms with Crippen LogP contribution in [0.2, 0.25) is 0 Å². The molecule has 0 unspecified atom stereocenters. The monoisotopic (exact) mass is 354 g/mol. The molecule has 0 atom stereocenters. The van der Waals surface area contributed by atoms with Crippen molar-refractivity contribution >= 4 is 23.6 Å². The molecule has 26 heavy (non-hydrogen) atoms. The summed E-state index contributed by atoms with van der Waals surface area (Å²) in [5.41, 5.74) is 0.882. The van der Waals surface area contributed by atoms with E-state index in [-0.39, 0.29) is 22.8 Å². The number of carbonyl (C=O) groups excluding carboxylic acids is 1. The second-order valence-electron chi connectivity index (χ2n) is 5.25. The molecule has 0 radical (unpaired) electrons. The van der Waals surface area contributed by atoms with Crippen molar-refractivity contribution in [2.75, 3.05) is 14.2 Å². The molecule has 1 aliphatic rings. The first kappa shape index (κ1) is 17.2. The van der Waals surface area contributed by atoms with Gasteiger partial charge in [-0.15, -0.1) is 0 Å². The van der Waals surface area contributed by atoms with Gasteiger partial charge in [0.05, 0.1) is 24.7 Å². The topological polar surface area (TPSA) is 100 Å². The number of methoxy groups -OCH3 is 2. The van der Waals surface area contributed by atoms with E-state index in [9.17, 15) is 14.9 Å². The van der Waals surface area contributed by atoms with E-state index in [1.807, 2.05) is 0 Å². The van der Waals surface area contributed by atoms with Gasteiger partial charge in [0.25, 0.3) is 5.69 Å². The van der Waals surface area contributed by atoms with E-state index < -0.39 is 10.9 Å². The summed E-state index contributed by atoms with van der Waals surface area (Å²) in [6.45, 7) is 0. The third kappa shape index (κ3) is 3.39. The van der Waals surface area contributed by atoms with Crippen LogP contribution in [0.15, 0.2) is 53.2 Å². The number of nitro groups is 1. The molecule has 3 rings (SSSR count). The predicted octanol–water partition coefficient (Wildman–Crippen LogP) is 2.96. The second-order valence-corrected chi connectivity index (χ2v) is 5.25. The maximum atomic E-state index is 12.1. The second kappa shape index (κ2) is 7.06. The van der Waals surface area contributed by atoms with Crippen molar-refractivity contribution in [2.24, 2.45) is 4.99 Å². The van der Waals surface area contributed by atoms with Gasteiger partial charge in [-0.2, -0.15) is 0 Å². The van der Waals surface area contributed by atoms with Crippen molar-refractivity contribution in [1.82, 2.24) is 0 Å². The molecule has 1 heterocycles. The minimum Gasteiger partial charge on any atom is -0.497 e. The molecule has 8 nitrogen and oxygen atoms in total. The molecule has 2 aromatic rings. The van der Waals surface area contributed by atoms with E-state index in [2.05, 4.69) is 4.99 Å². The number of cyclic esters (lactones) is 1. The van der Waals surface area contributed by atoms with Gasteiger partial charge in [0.15, 0.2) is 5.70 Å². The van der Waals surface area contributed by atoms with Crippen molar-refractivity contribution in [3.8, 4) is 11.5 Å². The van der Waals surface area contributed by atoms with E-state index in [0.717, 1.165) is 5.56 Å². The summed E-state index contributed by atoms with van der Waals surface area (Å²) in [5.74, 6) is 0.305. The van der Waals surface area contributed by atoms with Crippen LogP contribution in [0.25, 0.3) is 6.08 Å². The molecule has 0 aliphatic carbocycles. The van der Waals surface area contributed by atoms with Crippen molar-refractivity contribution in [3.63, 3.8) is 0 Å². The zero-order valence-corrected chi connectivity index (χ0v) is 14.0. The number of benzene rings is 2. The normalized spacial score (nSPS) is 14.8. The fourth-order valence-corrected chi connectivity index (χ4v) is 2.36. The van der Waals surface area contributed by atoms with E-state index in [0.29, 0.717) is 11.5 Å². The third-order valence-electron chi connectivity index (χ3n) is 3.66. The lowest BCUT2D eigenvalue weighted by Crippen LogP contribution is -2.07. The van der Waals surface area contributed by atoms with Crippen molar-refractivity contribution in [1.29, 1.82) is 0 Å². The number of rotatable bonds is 5. The van der Waals surface area contributed by atoms with Gasteiger partial charge in [0.1, 0.15) is 11.5 Å². The Hall–Kier alpha value is -3.68. The summed E-state index contributed by atoms with van der Waals surface area (Å²) >= 11 is 0. The Bertz CT molecular complexity index is 931. The number of non-ortho nitro benzene ring substituents is 1. The zero-order valence-electron chi connectivity index (χ0n) is 14.0. The molecule has 0 bridgehead atoms. The van der Waals surface area contributed by atoms with Crippen molar-refractivity contribution in [3.05, 3.63) is 69.4 Å². The van der Waals surface area contributed by atoms with E-state index in [1.54, 1.807) is 37.5 Å². The molecule has 0 saturated carbocycles. The summed E-state index contributed by atoms with van der Waals surface area (Å²) in [6.07, 6.45) is 1.55. The van der Waals surface area contributed by atoms with Gasteiger partial charge in [0.2, 0.25) is 5.90 Å². The first-order valence-corrected chi connectivity index (χ1v) is 7.51. The average molecular weight is 354 g/mol. The summed E-state index contributed by atoms with van der Waals surface area (Å²) in [7, 11) is 2.97. The van der Waals surface area contributed by atoms with Crippen LogP contribution in [0.4, 0.5) is 5.69 Å². The molecule has 0 N–H and O–H groups in total. The first-order chi connectivity index (χ1) is 12.5. The summed E-state index contributed by atoms with van der Waals surface area (Å²) in [6, 6.07) is 11.0. The van der Waals surface area contributed by atoms with Crippen LogP contribution in [-0.4, -0.2) is 31.0 Å². The van der Waals surface area contributed by atoms with Crippen LogP contribution in [0.1, 0.15) is 11.1 Å². The standard InChI is InChI=1S/C18H14N2O6/c1-24-13-6-3-11(4-7-13)9-15-18(21)26-17(19-15)14-10-12(20(22)23)5-8-16(14)25-2/h3-10H,1-2H3. The molecule has 1 aliphatic heterocycles. The summed E-state index contributed by atoms with van der Waals surface area (Å²) in [4.78, 5) is 26.7. The molecule has 0 aromatic heterocycles. The number of hydrogen-bond donors (Lipinski definition) is 0. The van der Waals surface area contributed by atoms with Crippen LogP contribution >= 0.6 is 0 Å². The van der Waals surface area contributed by atoms with Gasteiger partial charge in [0, 0.05) is 12.1 Å². The molecular formula is C18H14N2O6. The number of nitrogens with zero attached hydrogens (tertiary/aromatic N) is 2. The maximum Gasteiger partial charge on any atom is 0.363 e. The number of carbonyl (C=O) groups is 1. The van der Waals surface area contributed by atoms with Crippen molar-refractivity contribution < 1.29 is 23.9 Å².